The first-order valence-electron chi connectivity index (χ1n) is 4.57. The van der Waals surface area contributed by atoms with Gasteiger partial charge in [0.15, 0.2) is 5.76 Å². The fourth-order valence-electron chi connectivity index (χ4n) is 0.887. The van der Waals surface area contributed by atoms with Gasteiger partial charge in [-0.15, -0.1) is 0 Å². The Kier molecular flexibility index (Phi) is 3.30. The van der Waals surface area contributed by atoms with Crippen LogP contribution in [0.2, 0.25) is 0 Å². The van der Waals surface area contributed by atoms with E-state index >= 15 is 0 Å². The van der Waals surface area contributed by atoms with Crippen LogP contribution in [0.25, 0.3) is 0 Å². The quantitative estimate of drug-likeness (QED) is 0.754. The molecule has 1 aromatic heterocycles. The van der Waals surface area contributed by atoms with Crippen molar-refractivity contribution in [2.45, 2.75) is 13.8 Å². The van der Waals surface area contributed by atoms with Gasteiger partial charge in [-0.1, -0.05) is 13.8 Å². The first kappa shape index (κ1) is 10.8. The van der Waals surface area contributed by atoms with Crippen molar-refractivity contribution in [1.29, 1.82) is 0 Å². The van der Waals surface area contributed by atoms with E-state index in [2.05, 4.69) is 5.32 Å². The molecule has 1 rings (SSSR count). The molecule has 0 aromatic carbocycles. The second-order valence-corrected chi connectivity index (χ2v) is 4.03. The number of carbonyl (C=O) groups excluding carboxylic acids is 1. The Hall–Kier alpha value is -1.29. The highest BCUT2D eigenvalue weighted by Crippen LogP contribution is 2.10. The van der Waals surface area contributed by atoms with E-state index in [1.54, 1.807) is 12.1 Å². The number of furan rings is 1. The van der Waals surface area contributed by atoms with Crippen LogP contribution in [-0.4, -0.2) is 19.0 Å². The summed E-state index contributed by atoms with van der Waals surface area (Å²) in [5, 5.41) is 2.76. The molecule has 0 aliphatic heterocycles. The molecule has 0 unspecified atom stereocenters. The van der Waals surface area contributed by atoms with Gasteiger partial charge in [-0.2, -0.15) is 0 Å². The maximum Gasteiger partial charge on any atom is 0.286 e. The fraction of sp³-hybridized carbons (Fsp3) is 0.500. The molecule has 1 aromatic rings. The van der Waals surface area contributed by atoms with Gasteiger partial charge in [-0.25, -0.2) is 0 Å². The van der Waals surface area contributed by atoms with Crippen LogP contribution >= 0.6 is 0 Å². The average Bonchev–Trinajstić information content (AvgIpc) is 2.67. The Morgan fingerprint density at radius 2 is 2.36 bits per heavy atom. The molecule has 0 aliphatic rings. The van der Waals surface area contributed by atoms with Crippen molar-refractivity contribution in [2.75, 3.05) is 13.1 Å². The van der Waals surface area contributed by atoms with Crippen LogP contribution < -0.4 is 11.1 Å². The Morgan fingerprint density at radius 3 is 2.86 bits per heavy atom. The molecule has 4 nitrogen and oxygen atoms in total. The lowest BCUT2D eigenvalue weighted by atomic mass is 9.94. The summed E-state index contributed by atoms with van der Waals surface area (Å²) in [6, 6.07) is 3.31. The van der Waals surface area contributed by atoms with Gasteiger partial charge in [0.25, 0.3) is 5.91 Å². The molecule has 3 N–H and O–H groups in total. The number of carbonyl (C=O) groups is 1. The van der Waals surface area contributed by atoms with Crippen molar-refractivity contribution in [2.24, 2.45) is 11.1 Å². The van der Waals surface area contributed by atoms with Gasteiger partial charge in [0.05, 0.1) is 6.26 Å². The van der Waals surface area contributed by atoms with E-state index in [1.807, 2.05) is 13.8 Å². The monoisotopic (exact) mass is 196 g/mol. The van der Waals surface area contributed by atoms with Gasteiger partial charge < -0.3 is 15.5 Å². The van der Waals surface area contributed by atoms with E-state index in [0.717, 1.165) is 0 Å². The minimum Gasteiger partial charge on any atom is -0.459 e. The van der Waals surface area contributed by atoms with Gasteiger partial charge in [0.2, 0.25) is 0 Å². The van der Waals surface area contributed by atoms with E-state index in [4.69, 9.17) is 10.2 Å². The number of nitrogens with two attached hydrogens (primary N) is 1. The van der Waals surface area contributed by atoms with Crippen molar-refractivity contribution in [1.82, 2.24) is 5.32 Å². The highest BCUT2D eigenvalue weighted by molar-refractivity contribution is 5.91. The summed E-state index contributed by atoms with van der Waals surface area (Å²) in [7, 11) is 0. The van der Waals surface area contributed by atoms with Gasteiger partial charge >= 0.3 is 0 Å². The smallest absolute Gasteiger partial charge is 0.286 e. The molecule has 0 aliphatic carbocycles. The first-order chi connectivity index (χ1) is 6.55. The molecule has 4 heteroatoms. The van der Waals surface area contributed by atoms with Gasteiger partial charge in [-0.3, -0.25) is 4.79 Å². The lowest BCUT2D eigenvalue weighted by Crippen LogP contribution is -2.38. The summed E-state index contributed by atoms with van der Waals surface area (Å²) in [5.41, 5.74) is 5.46. The number of amides is 1. The van der Waals surface area contributed by atoms with E-state index < -0.39 is 0 Å². The third-order valence-electron chi connectivity index (χ3n) is 2.03. The molecule has 0 saturated carbocycles. The third kappa shape index (κ3) is 2.88. The summed E-state index contributed by atoms with van der Waals surface area (Å²) in [4.78, 5) is 11.4. The average molecular weight is 196 g/mol. The maximum absolute atomic E-state index is 11.4. The van der Waals surface area contributed by atoms with Crippen molar-refractivity contribution in [3.05, 3.63) is 24.2 Å². The van der Waals surface area contributed by atoms with Crippen LogP contribution in [0.4, 0.5) is 0 Å². The zero-order chi connectivity index (χ0) is 10.6. The van der Waals surface area contributed by atoms with Crippen LogP contribution in [0, 0.1) is 5.41 Å². The summed E-state index contributed by atoms with van der Waals surface area (Å²) >= 11 is 0. The minimum absolute atomic E-state index is 0.0811. The van der Waals surface area contributed by atoms with Crippen LogP contribution in [0.15, 0.2) is 22.8 Å². The highest BCUT2D eigenvalue weighted by Gasteiger charge is 2.17. The van der Waals surface area contributed by atoms with Crippen LogP contribution in [0.3, 0.4) is 0 Å². The Labute approximate surface area is 83.5 Å². The molecule has 1 amide bonds. The fourth-order valence-corrected chi connectivity index (χ4v) is 0.887. The molecular weight excluding hydrogens is 180 g/mol. The number of rotatable bonds is 4. The van der Waals surface area contributed by atoms with Crippen LogP contribution in [-0.2, 0) is 0 Å². The molecule has 0 radical (unpaired) electrons. The van der Waals surface area contributed by atoms with Crippen molar-refractivity contribution < 1.29 is 9.21 Å². The standard InChI is InChI=1S/C10H16N2O2/c1-10(2,6-11)7-12-9(13)8-4-3-5-14-8/h3-5H,6-7,11H2,1-2H3,(H,12,13). The van der Waals surface area contributed by atoms with E-state index in [1.165, 1.54) is 6.26 Å². The molecule has 0 fully saturated rings. The summed E-state index contributed by atoms with van der Waals surface area (Å²) in [6.07, 6.45) is 1.48. The Balaban J connectivity index is 2.43. The topological polar surface area (TPSA) is 68.3 Å². The third-order valence-corrected chi connectivity index (χ3v) is 2.03. The van der Waals surface area contributed by atoms with Gasteiger partial charge in [0.1, 0.15) is 0 Å². The van der Waals surface area contributed by atoms with E-state index in [0.29, 0.717) is 18.8 Å². The van der Waals surface area contributed by atoms with E-state index in [-0.39, 0.29) is 11.3 Å². The molecular formula is C10H16N2O2. The molecule has 0 atom stereocenters. The second-order valence-electron chi connectivity index (χ2n) is 4.03. The zero-order valence-corrected chi connectivity index (χ0v) is 8.54. The lowest BCUT2D eigenvalue weighted by molar-refractivity contribution is 0.0910. The number of hydrogen-bond acceptors (Lipinski definition) is 3. The molecule has 78 valence electrons. The predicted molar refractivity (Wildman–Crippen MR) is 53.9 cm³/mol. The molecule has 1 heterocycles. The highest BCUT2D eigenvalue weighted by atomic mass is 16.3. The first-order valence-corrected chi connectivity index (χ1v) is 4.57. The zero-order valence-electron chi connectivity index (χ0n) is 8.54. The number of nitrogens with one attached hydrogen (secondary N) is 1. The Morgan fingerprint density at radius 1 is 1.64 bits per heavy atom. The predicted octanol–water partition coefficient (Wildman–Crippen LogP) is 0.994. The minimum atomic E-state index is -0.198. The summed E-state index contributed by atoms with van der Waals surface area (Å²) in [5.74, 6) is 0.134. The molecule has 14 heavy (non-hydrogen) atoms. The molecule has 0 spiro atoms. The Bertz CT molecular complexity index is 291. The van der Waals surface area contributed by atoms with Crippen LogP contribution in [0.5, 0.6) is 0 Å². The molecule has 0 bridgehead atoms. The lowest BCUT2D eigenvalue weighted by Gasteiger charge is -2.22. The largest absolute Gasteiger partial charge is 0.459 e. The van der Waals surface area contributed by atoms with Crippen molar-refractivity contribution >= 4 is 5.91 Å². The van der Waals surface area contributed by atoms with Crippen molar-refractivity contribution in [3.63, 3.8) is 0 Å². The summed E-state index contributed by atoms with van der Waals surface area (Å²) < 4.78 is 4.95. The normalized spacial score (nSPS) is 11.4. The molecule has 0 saturated heterocycles. The van der Waals surface area contributed by atoms with Gasteiger partial charge in [-0.05, 0) is 24.1 Å². The second kappa shape index (κ2) is 4.28. The maximum atomic E-state index is 11.4. The SMILES string of the molecule is CC(C)(CN)CNC(=O)c1ccco1. The van der Waals surface area contributed by atoms with E-state index in [9.17, 15) is 4.79 Å². The van der Waals surface area contributed by atoms with Crippen molar-refractivity contribution in [3.8, 4) is 0 Å². The number of hydrogen-bond donors (Lipinski definition) is 2. The van der Waals surface area contributed by atoms with Gasteiger partial charge in [0, 0.05) is 6.54 Å². The van der Waals surface area contributed by atoms with Crippen LogP contribution in [0.1, 0.15) is 24.4 Å². The summed E-state index contributed by atoms with van der Waals surface area (Å²) in [6.45, 7) is 5.07.